The van der Waals surface area contributed by atoms with E-state index in [9.17, 15) is 0 Å². The van der Waals surface area contributed by atoms with Gasteiger partial charge in [0.2, 0.25) is 0 Å². The number of nitrogens with zero attached hydrogens (tertiary/aromatic N) is 4. The van der Waals surface area contributed by atoms with Crippen LogP contribution in [0.2, 0.25) is 0 Å². The van der Waals surface area contributed by atoms with E-state index in [2.05, 4.69) is 70.7 Å². The lowest BCUT2D eigenvalue weighted by Gasteiger charge is -2.24. The third kappa shape index (κ3) is 3.48. The SMILES string of the molecule is CCC(C)c1nc(C(C)(C)C)nc([N+](C)(C)C)n1. The average Bonchev–Trinajstić information content (AvgIpc) is 2.25. The van der Waals surface area contributed by atoms with Crippen LogP contribution >= 0.6 is 0 Å². The normalized spacial score (nSPS) is 14.7. The van der Waals surface area contributed by atoms with Gasteiger partial charge in [-0.1, -0.05) is 34.6 Å². The maximum atomic E-state index is 4.66. The van der Waals surface area contributed by atoms with Crippen LogP contribution in [0.3, 0.4) is 0 Å². The van der Waals surface area contributed by atoms with Gasteiger partial charge < -0.3 is 0 Å². The molecule has 0 aliphatic rings. The Bertz CT molecular complexity index is 381. The molecule has 0 spiro atoms. The minimum absolute atomic E-state index is 0.0466. The Morgan fingerprint density at radius 3 is 2.00 bits per heavy atom. The van der Waals surface area contributed by atoms with Crippen LogP contribution in [0.5, 0.6) is 0 Å². The Morgan fingerprint density at radius 1 is 1.06 bits per heavy atom. The first kappa shape index (κ1) is 15.0. The highest BCUT2D eigenvalue weighted by molar-refractivity contribution is 5.24. The molecule has 1 atom stereocenters. The second-order valence-electron chi connectivity index (χ2n) is 6.89. The second-order valence-corrected chi connectivity index (χ2v) is 6.89. The molecule has 0 aromatic carbocycles. The molecule has 0 saturated heterocycles. The first-order chi connectivity index (χ1) is 8.05. The minimum Gasteiger partial charge on any atom is -0.264 e. The zero-order chi connectivity index (χ0) is 14.1. The van der Waals surface area contributed by atoms with Crippen molar-refractivity contribution >= 4 is 5.95 Å². The van der Waals surface area contributed by atoms with Crippen molar-refractivity contribution in [3.05, 3.63) is 11.6 Å². The molecule has 1 rings (SSSR count). The number of aromatic nitrogens is 3. The summed E-state index contributed by atoms with van der Waals surface area (Å²) in [7, 11) is 6.26. The van der Waals surface area contributed by atoms with Crippen molar-refractivity contribution in [1.82, 2.24) is 19.4 Å². The Balaban J connectivity index is 3.39. The van der Waals surface area contributed by atoms with Crippen molar-refractivity contribution < 1.29 is 0 Å². The summed E-state index contributed by atoms with van der Waals surface area (Å²) in [5, 5.41) is 0. The van der Waals surface area contributed by atoms with Crippen LogP contribution < -0.4 is 4.48 Å². The van der Waals surface area contributed by atoms with Crippen LogP contribution in [-0.2, 0) is 5.41 Å². The average molecular weight is 251 g/mol. The summed E-state index contributed by atoms with van der Waals surface area (Å²) in [5.41, 5.74) is -0.0466. The van der Waals surface area contributed by atoms with Crippen LogP contribution in [0.25, 0.3) is 0 Å². The Labute approximate surface area is 111 Å². The van der Waals surface area contributed by atoms with Gasteiger partial charge in [0.15, 0.2) is 0 Å². The van der Waals surface area contributed by atoms with Gasteiger partial charge in [-0.25, -0.2) is 4.98 Å². The van der Waals surface area contributed by atoms with Gasteiger partial charge in [-0.2, -0.15) is 9.97 Å². The van der Waals surface area contributed by atoms with Crippen LogP contribution in [0.15, 0.2) is 0 Å². The summed E-state index contributed by atoms with van der Waals surface area (Å²) in [6, 6.07) is 0. The molecule has 18 heavy (non-hydrogen) atoms. The smallest absolute Gasteiger partial charge is 0.264 e. The molecule has 4 nitrogen and oxygen atoms in total. The first-order valence-electron chi connectivity index (χ1n) is 6.64. The molecule has 0 amide bonds. The molecule has 1 aromatic rings. The highest BCUT2D eigenvalue weighted by Gasteiger charge is 2.26. The molecule has 0 N–H and O–H groups in total. The molecule has 1 aromatic heterocycles. The maximum Gasteiger partial charge on any atom is 0.331 e. The molecule has 0 fully saturated rings. The van der Waals surface area contributed by atoms with Crippen molar-refractivity contribution in [2.75, 3.05) is 21.1 Å². The number of hydrogen-bond donors (Lipinski definition) is 0. The van der Waals surface area contributed by atoms with Gasteiger partial charge in [0, 0.05) is 11.3 Å². The predicted molar refractivity (Wildman–Crippen MR) is 76.8 cm³/mol. The van der Waals surface area contributed by atoms with E-state index >= 15 is 0 Å². The van der Waals surface area contributed by atoms with Gasteiger partial charge in [-0.15, -0.1) is 0 Å². The lowest BCUT2D eigenvalue weighted by atomic mass is 9.95. The Kier molecular flexibility index (Phi) is 4.11. The van der Waals surface area contributed by atoms with Crippen molar-refractivity contribution in [1.29, 1.82) is 0 Å². The largest absolute Gasteiger partial charge is 0.331 e. The van der Waals surface area contributed by atoms with Crippen LogP contribution in [0, 0.1) is 0 Å². The summed E-state index contributed by atoms with van der Waals surface area (Å²) in [6.07, 6.45) is 1.05. The molecule has 0 radical (unpaired) electrons. The molecule has 0 saturated carbocycles. The minimum atomic E-state index is -0.0466. The number of rotatable bonds is 3. The number of quaternary nitrogens is 1. The van der Waals surface area contributed by atoms with Crippen molar-refractivity contribution in [3.63, 3.8) is 0 Å². The van der Waals surface area contributed by atoms with Crippen LogP contribution in [0.1, 0.15) is 58.6 Å². The van der Waals surface area contributed by atoms with E-state index in [0.717, 1.165) is 24.0 Å². The molecule has 1 heterocycles. The van der Waals surface area contributed by atoms with Crippen LogP contribution in [-0.4, -0.2) is 36.1 Å². The highest BCUT2D eigenvalue weighted by atomic mass is 15.4. The van der Waals surface area contributed by atoms with Crippen molar-refractivity contribution in [3.8, 4) is 0 Å². The van der Waals surface area contributed by atoms with Gasteiger partial charge in [-0.3, -0.25) is 4.48 Å². The molecule has 0 aliphatic carbocycles. The summed E-state index contributed by atoms with van der Waals surface area (Å²) >= 11 is 0. The van der Waals surface area contributed by atoms with Crippen molar-refractivity contribution in [2.24, 2.45) is 0 Å². The highest BCUT2D eigenvalue weighted by Crippen LogP contribution is 2.24. The Morgan fingerprint density at radius 2 is 1.61 bits per heavy atom. The standard InChI is InChI=1S/C14H27N4/c1-9-10(2)11-15-12(14(3,4)5)17-13(16-11)18(6,7)8/h10H,9H2,1-8H3/q+1. The van der Waals surface area contributed by atoms with Gasteiger partial charge in [0.1, 0.15) is 11.6 Å². The van der Waals surface area contributed by atoms with E-state index < -0.39 is 0 Å². The fraction of sp³-hybridized carbons (Fsp3) is 0.786. The molecule has 4 heteroatoms. The molecule has 1 unspecified atom stereocenters. The molecule has 102 valence electrons. The topological polar surface area (TPSA) is 38.7 Å². The zero-order valence-electron chi connectivity index (χ0n) is 13.1. The molecular weight excluding hydrogens is 224 g/mol. The number of hydrogen-bond acceptors (Lipinski definition) is 3. The summed E-state index contributed by atoms with van der Waals surface area (Å²) < 4.78 is 0.620. The quantitative estimate of drug-likeness (QED) is 0.775. The van der Waals surface area contributed by atoms with E-state index in [0.29, 0.717) is 10.4 Å². The fourth-order valence-corrected chi connectivity index (χ4v) is 1.42. The summed E-state index contributed by atoms with van der Waals surface area (Å²) in [4.78, 5) is 13.9. The van der Waals surface area contributed by atoms with E-state index in [1.165, 1.54) is 0 Å². The van der Waals surface area contributed by atoms with Gasteiger partial charge in [0.25, 0.3) is 0 Å². The monoisotopic (exact) mass is 251 g/mol. The third-order valence-corrected chi connectivity index (χ3v) is 2.96. The van der Waals surface area contributed by atoms with Gasteiger partial charge in [0.05, 0.1) is 21.1 Å². The van der Waals surface area contributed by atoms with E-state index in [1.807, 2.05) is 0 Å². The molecular formula is C14H27N4+. The second kappa shape index (κ2) is 4.92. The van der Waals surface area contributed by atoms with E-state index in [4.69, 9.17) is 0 Å². The lowest BCUT2D eigenvalue weighted by molar-refractivity contribution is 0.436. The Hall–Kier alpha value is -1.03. The fourth-order valence-electron chi connectivity index (χ4n) is 1.42. The lowest BCUT2D eigenvalue weighted by Crippen LogP contribution is -2.38. The molecule has 0 aliphatic heterocycles. The van der Waals surface area contributed by atoms with Crippen LogP contribution in [0.4, 0.5) is 5.95 Å². The van der Waals surface area contributed by atoms with Gasteiger partial charge >= 0.3 is 5.95 Å². The van der Waals surface area contributed by atoms with Crippen molar-refractivity contribution in [2.45, 2.75) is 52.4 Å². The first-order valence-corrected chi connectivity index (χ1v) is 6.64. The summed E-state index contributed by atoms with van der Waals surface area (Å²) in [6.45, 7) is 10.8. The predicted octanol–water partition coefficient (Wildman–Crippen LogP) is 2.88. The van der Waals surface area contributed by atoms with Gasteiger partial charge in [-0.05, 0) is 6.42 Å². The third-order valence-electron chi connectivity index (χ3n) is 2.96. The maximum absolute atomic E-state index is 4.66. The summed E-state index contributed by atoms with van der Waals surface area (Å²) in [5.74, 6) is 3.01. The molecule has 0 bridgehead atoms. The van der Waals surface area contributed by atoms with E-state index in [-0.39, 0.29) is 5.41 Å². The van der Waals surface area contributed by atoms with E-state index in [1.54, 1.807) is 0 Å². The zero-order valence-corrected chi connectivity index (χ0v) is 13.1.